The van der Waals surface area contributed by atoms with Gasteiger partial charge >= 0.3 is 0 Å². The normalized spacial score (nSPS) is 10.0. The minimum absolute atomic E-state index is 0.0355. The van der Waals surface area contributed by atoms with Gasteiger partial charge in [-0.2, -0.15) is 0 Å². The van der Waals surface area contributed by atoms with Crippen LogP contribution in [0.15, 0.2) is 12.1 Å². The van der Waals surface area contributed by atoms with Crippen molar-refractivity contribution in [1.82, 2.24) is 0 Å². The third-order valence-corrected chi connectivity index (χ3v) is 2.50. The number of hydrogen-bond donors (Lipinski definition) is 0. The molecule has 16 heavy (non-hydrogen) atoms. The quantitative estimate of drug-likeness (QED) is 0.719. The Labute approximate surface area is 96.4 Å². The van der Waals surface area contributed by atoms with E-state index in [2.05, 4.69) is 6.92 Å². The predicted octanol–water partition coefficient (Wildman–Crippen LogP) is 2.86. The fourth-order valence-corrected chi connectivity index (χ4v) is 1.81. The van der Waals surface area contributed by atoms with Crippen molar-refractivity contribution in [1.29, 1.82) is 0 Å². The maximum Gasteiger partial charge on any atom is 0.167 e. The number of rotatable bonds is 5. The topological polar surface area (TPSA) is 35.5 Å². The lowest BCUT2D eigenvalue weighted by Gasteiger charge is -2.14. The van der Waals surface area contributed by atoms with Gasteiger partial charge in [0, 0.05) is 0 Å². The molecule has 1 rings (SSSR count). The van der Waals surface area contributed by atoms with E-state index in [0.29, 0.717) is 17.1 Å². The van der Waals surface area contributed by atoms with Gasteiger partial charge in [0.25, 0.3) is 0 Å². The Bertz CT molecular complexity index is 383. The molecule has 1 aromatic rings. The van der Waals surface area contributed by atoms with Gasteiger partial charge in [0.05, 0.1) is 14.2 Å². The van der Waals surface area contributed by atoms with Crippen LogP contribution in [0.2, 0.25) is 0 Å². The van der Waals surface area contributed by atoms with Crippen LogP contribution in [0.25, 0.3) is 0 Å². The number of ketones is 1. The Balaban J connectivity index is 3.37. The van der Waals surface area contributed by atoms with Gasteiger partial charge in [-0.3, -0.25) is 4.79 Å². The van der Waals surface area contributed by atoms with Crippen molar-refractivity contribution < 1.29 is 14.3 Å². The van der Waals surface area contributed by atoms with Crippen molar-refractivity contribution in [3.8, 4) is 11.5 Å². The fraction of sp³-hybridized carbons (Fsp3) is 0.462. The van der Waals surface area contributed by atoms with Crippen molar-refractivity contribution in [2.75, 3.05) is 14.2 Å². The van der Waals surface area contributed by atoms with Crippen LogP contribution in [0.4, 0.5) is 0 Å². The van der Waals surface area contributed by atoms with Gasteiger partial charge < -0.3 is 9.47 Å². The molecule has 0 radical (unpaired) electrons. The van der Waals surface area contributed by atoms with Crippen LogP contribution < -0.4 is 9.47 Å². The first-order valence-corrected chi connectivity index (χ1v) is 5.40. The molecule has 0 saturated carbocycles. The smallest absolute Gasteiger partial charge is 0.167 e. The Hall–Kier alpha value is -1.51. The molecule has 0 bridgehead atoms. The highest BCUT2D eigenvalue weighted by Gasteiger charge is 2.17. The molecule has 0 N–H and O–H groups in total. The summed E-state index contributed by atoms with van der Waals surface area (Å²) in [5, 5.41) is 0. The highest BCUT2D eigenvalue weighted by Crippen LogP contribution is 2.33. The number of carbonyl (C=O) groups is 1. The van der Waals surface area contributed by atoms with Gasteiger partial charge in [-0.05, 0) is 25.0 Å². The maximum absolute atomic E-state index is 11.6. The van der Waals surface area contributed by atoms with Crippen molar-refractivity contribution in [2.24, 2.45) is 0 Å². The average Bonchev–Trinajstić information content (AvgIpc) is 2.28. The second-order valence-electron chi connectivity index (χ2n) is 3.64. The molecule has 88 valence electrons. The van der Waals surface area contributed by atoms with Crippen LogP contribution in [0.1, 0.15) is 36.2 Å². The fourth-order valence-electron chi connectivity index (χ4n) is 1.81. The summed E-state index contributed by atoms with van der Waals surface area (Å²) in [4.78, 5) is 11.6. The Morgan fingerprint density at radius 1 is 1.25 bits per heavy atom. The first kappa shape index (κ1) is 12.6. The van der Waals surface area contributed by atoms with Gasteiger partial charge in [-0.25, -0.2) is 0 Å². The van der Waals surface area contributed by atoms with E-state index in [1.54, 1.807) is 14.2 Å². The number of Topliss-reactive ketones (excluding diaryl/α,β-unsaturated/α-hetero) is 1. The number of hydrogen-bond acceptors (Lipinski definition) is 3. The molecule has 0 fully saturated rings. The molecule has 3 nitrogen and oxygen atoms in total. The standard InChI is InChI=1S/C13H18O3/c1-5-6-10-7-8-11(15-3)12(9(2)14)13(10)16-4/h7-8H,5-6H2,1-4H3. The summed E-state index contributed by atoms with van der Waals surface area (Å²) in [6.07, 6.45) is 1.91. The molecular formula is C13H18O3. The van der Waals surface area contributed by atoms with Gasteiger partial charge in [0.2, 0.25) is 0 Å². The SMILES string of the molecule is CCCc1ccc(OC)c(C(C)=O)c1OC. The van der Waals surface area contributed by atoms with Gasteiger partial charge in [0.15, 0.2) is 5.78 Å². The van der Waals surface area contributed by atoms with Crippen LogP contribution in [0.5, 0.6) is 11.5 Å². The summed E-state index contributed by atoms with van der Waals surface area (Å²) in [6.45, 7) is 3.62. The van der Waals surface area contributed by atoms with Crippen LogP contribution in [0.3, 0.4) is 0 Å². The van der Waals surface area contributed by atoms with E-state index in [1.165, 1.54) is 6.92 Å². The summed E-state index contributed by atoms with van der Waals surface area (Å²) in [7, 11) is 3.14. The van der Waals surface area contributed by atoms with Crippen LogP contribution in [-0.2, 0) is 6.42 Å². The van der Waals surface area contributed by atoms with E-state index >= 15 is 0 Å². The second-order valence-corrected chi connectivity index (χ2v) is 3.64. The van der Waals surface area contributed by atoms with E-state index in [0.717, 1.165) is 18.4 Å². The zero-order chi connectivity index (χ0) is 12.1. The number of carbonyl (C=O) groups excluding carboxylic acids is 1. The Kier molecular flexibility index (Phi) is 4.35. The first-order chi connectivity index (χ1) is 7.65. The minimum Gasteiger partial charge on any atom is -0.496 e. The van der Waals surface area contributed by atoms with E-state index in [1.807, 2.05) is 12.1 Å². The first-order valence-electron chi connectivity index (χ1n) is 5.40. The third-order valence-electron chi connectivity index (χ3n) is 2.50. The molecule has 0 aliphatic rings. The summed E-state index contributed by atoms with van der Waals surface area (Å²) in [6, 6.07) is 3.78. The Morgan fingerprint density at radius 3 is 2.38 bits per heavy atom. The van der Waals surface area contributed by atoms with E-state index in [9.17, 15) is 4.79 Å². The average molecular weight is 222 g/mol. The number of ether oxygens (including phenoxy) is 2. The van der Waals surface area contributed by atoms with E-state index in [-0.39, 0.29) is 5.78 Å². The van der Waals surface area contributed by atoms with Crippen LogP contribution in [0, 0.1) is 0 Å². The predicted molar refractivity (Wildman–Crippen MR) is 63.5 cm³/mol. The number of methoxy groups -OCH3 is 2. The van der Waals surface area contributed by atoms with Gasteiger partial charge in [-0.15, -0.1) is 0 Å². The van der Waals surface area contributed by atoms with Crippen LogP contribution >= 0.6 is 0 Å². The van der Waals surface area contributed by atoms with Crippen molar-refractivity contribution in [3.05, 3.63) is 23.3 Å². The van der Waals surface area contributed by atoms with Gasteiger partial charge in [-0.1, -0.05) is 19.4 Å². The number of benzene rings is 1. The largest absolute Gasteiger partial charge is 0.496 e. The molecule has 0 saturated heterocycles. The molecule has 3 heteroatoms. The lowest BCUT2D eigenvalue weighted by atomic mass is 10.0. The third kappa shape index (κ3) is 2.35. The number of aryl methyl sites for hydroxylation is 1. The molecule has 0 atom stereocenters. The maximum atomic E-state index is 11.6. The molecule has 0 aliphatic carbocycles. The zero-order valence-corrected chi connectivity index (χ0v) is 10.3. The summed E-state index contributed by atoms with van der Waals surface area (Å²) in [5.74, 6) is 1.18. The monoisotopic (exact) mass is 222 g/mol. The van der Waals surface area contributed by atoms with Crippen molar-refractivity contribution in [3.63, 3.8) is 0 Å². The second kappa shape index (κ2) is 5.54. The van der Waals surface area contributed by atoms with Crippen LogP contribution in [-0.4, -0.2) is 20.0 Å². The molecule has 1 aromatic carbocycles. The van der Waals surface area contributed by atoms with Crippen molar-refractivity contribution >= 4 is 5.78 Å². The molecular weight excluding hydrogens is 204 g/mol. The van der Waals surface area contributed by atoms with Crippen molar-refractivity contribution in [2.45, 2.75) is 26.7 Å². The zero-order valence-electron chi connectivity index (χ0n) is 10.3. The lowest BCUT2D eigenvalue weighted by Crippen LogP contribution is -2.04. The van der Waals surface area contributed by atoms with Gasteiger partial charge in [0.1, 0.15) is 17.1 Å². The lowest BCUT2D eigenvalue weighted by molar-refractivity contribution is 0.101. The van der Waals surface area contributed by atoms with E-state index in [4.69, 9.17) is 9.47 Å². The van der Waals surface area contributed by atoms with E-state index < -0.39 is 0 Å². The molecule has 0 amide bonds. The summed E-state index contributed by atoms with van der Waals surface area (Å²) in [5.41, 5.74) is 1.59. The molecule has 0 unspecified atom stereocenters. The Morgan fingerprint density at radius 2 is 1.94 bits per heavy atom. The summed E-state index contributed by atoms with van der Waals surface area (Å²) < 4.78 is 10.5. The minimum atomic E-state index is -0.0355. The molecule has 0 spiro atoms. The summed E-state index contributed by atoms with van der Waals surface area (Å²) >= 11 is 0. The molecule has 0 aliphatic heterocycles. The molecule has 0 aromatic heterocycles. The molecule has 0 heterocycles. The highest BCUT2D eigenvalue weighted by atomic mass is 16.5. The highest BCUT2D eigenvalue weighted by molar-refractivity contribution is 6.00.